The standard InChI is InChI=1S/C39H46F2N6O4/c1-5-47-37(44-31-15-7-6-8-16-31)33(19-42)34(35(39(47)49)45-38(48)30-14-10-13-29(18-30)36(40)41)28-12-9-11-27(17-28)20-43-24-51-21-25(2)26(3)46(4)32-22-50-23-32/h6-19,26,32,34-36,43H,2,5,20-24,42H2,1,3-4H3,(H,45,48)/b33-19-,44-37?/t26?,34-,35+/m1/s1. The first-order chi connectivity index (χ1) is 24.6. The monoisotopic (exact) mass is 700 g/mol. The fourth-order valence-corrected chi connectivity index (χ4v) is 6.21. The van der Waals surface area contributed by atoms with Gasteiger partial charge in [-0.1, -0.05) is 61.2 Å². The molecule has 5 rings (SSSR count). The summed E-state index contributed by atoms with van der Waals surface area (Å²) in [7, 11) is 2.07. The number of piperidine rings is 1. The number of nitrogens with zero attached hydrogens (tertiary/aromatic N) is 3. The molecular weight excluding hydrogens is 654 g/mol. The van der Waals surface area contributed by atoms with E-state index in [-0.39, 0.29) is 30.4 Å². The summed E-state index contributed by atoms with van der Waals surface area (Å²) in [6.45, 7) is 11.0. The molecule has 2 aliphatic rings. The number of amides is 2. The Hall–Kier alpha value is -4.75. The van der Waals surface area contributed by atoms with Gasteiger partial charge in [0.2, 0.25) is 0 Å². The Bertz CT molecular complexity index is 1750. The lowest BCUT2D eigenvalue weighted by molar-refractivity contribution is -0.130. The summed E-state index contributed by atoms with van der Waals surface area (Å²) >= 11 is 0. The number of rotatable bonds is 15. The lowest BCUT2D eigenvalue weighted by atomic mass is 9.79. The maximum atomic E-state index is 14.3. The van der Waals surface area contributed by atoms with Gasteiger partial charge in [0.1, 0.15) is 11.9 Å². The third-order valence-corrected chi connectivity index (χ3v) is 9.42. The number of likely N-dealkylation sites (N-methyl/N-ethyl adjacent to an activating group) is 2. The number of nitrogens with two attached hydrogens (primary N) is 1. The number of halogens is 2. The maximum Gasteiger partial charge on any atom is 0.263 e. The molecule has 3 atom stereocenters. The second-order valence-corrected chi connectivity index (χ2v) is 12.7. The molecule has 0 spiro atoms. The highest BCUT2D eigenvalue weighted by Crippen LogP contribution is 2.36. The Labute approximate surface area is 298 Å². The zero-order chi connectivity index (χ0) is 36.5. The summed E-state index contributed by atoms with van der Waals surface area (Å²) in [6.07, 6.45) is -1.33. The number of carbonyl (C=O) groups excluding carboxylic acids is 2. The fourth-order valence-electron chi connectivity index (χ4n) is 6.21. The van der Waals surface area contributed by atoms with Crippen LogP contribution in [0.15, 0.2) is 108 Å². The Morgan fingerprint density at radius 1 is 1.14 bits per heavy atom. The highest BCUT2D eigenvalue weighted by molar-refractivity contribution is 6.15. The van der Waals surface area contributed by atoms with Crippen LogP contribution in [-0.4, -0.2) is 85.7 Å². The molecule has 0 bridgehead atoms. The highest BCUT2D eigenvalue weighted by atomic mass is 19.3. The number of aliphatic imine (C=N–C) groups is 1. The summed E-state index contributed by atoms with van der Waals surface area (Å²) < 4.78 is 38.2. The smallest absolute Gasteiger partial charge is 0.263 e. The molecule has 0 aromatic heterocycles. The van der Waals surface area contributed by atoms with Gasteiger partial charge in [0.05, 0.1) is 38.3 Å². The predicted octanol–water partition coefficient (Wildman–Crippen LogP) is 5.28. The van der Waals surface area contributed by atoms with Crippen molar-refractivity contribution in [2.45, 2.75) is 50.9 Å². The van der Waals surface area contributed by atoms with Crippen molar-refractivity contribution in [3.63, 3.8) is 0 Å². The number of carbonyl (C=O) groups is 2. The average molecular weight is 701 g/mol. The first kappa shape index (κ1) is 37.5. The molecule has 2 amide bonds. The van der Waals surface area contributed by atoms with Gasteiger partial charge in [0.25, 0.3) is 18.2 Å². The van der Waals surface area contributed by atoms with Gasteiger partial charge in [0.15, 0.2) is 0 Å². The quantitative estimate of drug-likeness (QED) is 0.112. The first-order valence-corrected chi connectivity index (χ1v) is 17.0. The molecule has 2 aliphatic heterocycles. The third-order valence-electron chi connectivity index (χ3n) is 9.42. The minimum Gasteiger partial charge on any atom is -0.404 e. The summed E-state index contributed by atoms with van der Waals surface area (Å²) in [5.74, 6) is -1.43. The summed E-state index contributed by atoms with van der Waals surface area (Å²) in [4.78, 5) is 36.4. The second-order valence-electron chi connectivity index (χ2n) is 12.7. The molecule has 3 aromatic carbocycles. The van der Waals surface area contributed by atoms with Crippen molar-refractivity contribution in [3.8, 4) is 0 Å². The van der Waals surface area contributed by atoms with Crippen LogP contribution in [0.25, 0.3) is 0 Å². The van der Waals surface area contributed by atoms with Crippen LogP contribution in [0.3, 0.4) is 0 Å². The number of nitrogens with one attached hydrogen (secondary N) is 2. The highest BCUT2D eigenvalue weighted by Gasteiger charge is 2.45. The molecule has 0 saturated carbocycles. The van der Waals surface area contributed by atoms with E-state index in [1.54, 1.807) is 0 Å². The number of hydrogen-bond donors (Lipinski definition) is 3. The molecule has 0 radical (unpaired) electrons. The van der Waals surface area contributed by atoms with E-state index in [1.807, 2.05) is 61.5 Å². The van der Waals surface area contributed by atoms with Crippen LogP contribution in [-0.2, 0) is 20.8 Å². The van der Waals surface area contributed by atoms with Gasteiger partial charge in [-0.05, 0) is 61.9 Å². The Balaban J connectivity index is 1.37. The van der Waals surface area contributed by atoms with Crippen molar-refractivity contribution in [2.75, 3.05) is 40.1 Å². The van der Waals surface area contributed by atoms with Crippen molar-refractivity contribution >= 4 is 23.3 Å². The molecule has 4 N–H and O–H groups in total. The van der Waals surface area contributed by atoms with Gasteiger partial charge in [-0.3, -0.25) is 24.7 Å². The molecule has 270 valence electrons. The number of alkyl halides is 2. The topological polar surface area (TPSA) is 122 Å². The van der Waals surface area contributed by atoms with Crippen LogP contribution in [0.2, 0.25) is 0 Å². The van der Waals surface area contributed by atoms with E-state index in [2.05, 4.69) is 36.1 Å². The normalized spacial score (nSPS) is 20.2. The molecule has 0 aliphatic carbocycles. The molecule has 12 heteroatoms. The largest absolute Gasteiger partial charge is 0.404 e. The molecular formula is C39H46F2N6O4. The van der Waals surface area contributed by atoms with Crippen LogP contribution >= 0.6 is 0 Å². The Morgan fingerprint density at radius 3 is 2.55 bits per heavy atom. The molecule has 2 heterocycles. The predicted molar refractivity (Wildman–Crippen MR) is 194 cm³/mol. The van der Waals surface area contributed by atoms with Gasteiger partial charge in [-0.15, -0.1) is 0 Å². The van der Waals surface area contributed by atoms with E-state index in [0.29, 0.717) is 41.9 Å². The minimum absolute atomic E-state index is 0.0168. The lowest BCUT2D eigenvalue weighted by Crippen LogP contribution is -2.59. The molecule has 2 saturated heterocycles. The van der Waals surface area contributed by atoms with Crippen molar-refractivity contribution in [1.29, 1.82) is 0 Å². The molecule has 1 unspecified atom stereocenters. The average Bonchev–Trinajstić information content (AvgIpc) is 3.11. The first-order valence-electron chi connectivity index (χ1n) is 17.0. The second kappa shape index (κ2) is 17.5. The van der Waals surface area contributed by atoms with E-state index < -0.39 is 30.2 Å². The number of para-hydroxylation sites is 1. The zero-order valence-electron chi connectivity index (χ0n) is 29.2. The summed E-state index contributed by atoms with van der Waals surface area (Å²) in [6, 6.07) is 21.5. The van der Waals surface area contributed by atoms with Crippen molar-refractivity contribution in [1.82, 2.24) is 20.4 Å². The van der Waals surface area contributed by atoms with Gasteiger partial charge < -0.3 is 20.5 Å². The molecule has 3 aromatic rings. The third kappa shape index (κ3) is 8.95. The van der Waals surface area contributed by atoms with Crippen LogP contribution in [0.1, 0.15) is 53.2 Å². The van der Waals surface area contributed by atoms with Gasteiger partial charge >= 0.3 is 0 Å². The van der Waals surface area contributed by atoms with E-state index in [0.717, 1.165) is 30.4 Å². The van der Waals surface area contributed by atoms with Crippen LogP contribution in [0, 0.1) is 0 Å². The summed E-state index contributed by atoms with van der Waals surface area (Å²) in [5.41, 5.74) is 9.80. The lowest BCUT2D eigenvalue weighted by Gasteiger charge is -2.40. The number of hydrogen-bond acceptors (Lipinski definition) is 8. The van der Waals surface area contributed by atoms with Gasteiger partial charge in [0, 0.05) is 47.9 Å². The Kier molecular flexibility index (Phi) is 12.8. The zero-order valence-corrected chi connectivity index (χ0v) is 29.2. The van der Waals surface area contributed by atoms with Crippen molar-refractivity contribution < 1.29 is 27.8 Å². The molecule has 2 fully saturated rings. The molecule has 10 nitrogen and oxygen atoms in total. The number of ether oxygens (including phenoxy) is 2. The van der Waals surface area contributed by atoms with E-state index in [9.17, 15) is 18.4 Å². The Morgan fingerprint density at radius 2 is 1.88 bits per heavy atom. The minimum atomic E-state index is -2.75. The van der Waals surface area contributed by atoms with Crippen LogP contribution in [0.5, 0.6) is 0 Å². The van der Waals surface area contributed by atoms with Crippen molar-refractivity contribution in [3.05, 3.63) is 125 Å². The van der Waals surface area contributed by atoms with Crippen LogP contribution in [0.4, 0.5) is 14.5 Å². The van der Waals surface area contributed by atoms with Gasteiger partial charge in [-0.25, -0.2) is 13.8 Å². The number of amidine groups is 1. The van der Waals surface area contributed by atoms with E-state index in [4.69, 9.17) is 20.2 Å². The molecule has 51 heavy (non-hydrogen) atoms. The number of benzene rings is 3. The fraction of sp³-hybridized carbons (Fsp3) is 0.359. The number of likely N-dealkylation sites (tertiary alicyclic amines) is 1. The van der Waals surface area contributed by atoms with E-state index in [1.165, 1.54) is 29.3 Å². The summed E-state index contributed by atoms with van der Waals surface area (Å²) in [5, 5.41) is 6.16. The van der Waals surface area contributed by atoms with Crippen LogP contribution < -0.4 is 16.4 Å². The van der Waals surface area contributed by atoms with E-state index >= 15 is 0 Å². The SMILES string of the molecule is C=C(COCNCc1cccc([C@@H]2/C(=C/N)C(=Nc3ccccc3)N(CC)C(=O)[C@H]2NC(=O)c2cccc(C(F)F)c2)c1)C(C)N(C)C1COC1. The van der Waals surface area contributed by atoms with Gasteiger partial charge in [-0.2, -0.15) is 0 Å². The van der Waals surface area contributed by atoms with Crippen molar-refractivity contribution in [2.24, 2.45) is 10.7 Å². The maximum absolute atomic E-state index is 14.3.